The third kappa shape index (κ3) is 4.09. The summed E-state index contributed by atoms with van der Waals surface area (Å²) in [6, 6.07) is 7.56. The maximum atomic E-state index is 14.3. The molecule has 0 unspecified atom stereocenters. The highest BCUT2D eigenvalue weighted by atomic mass is 19.1. The summed E-state index contributed by atoms with van der Waals surface area (Å²) in [5.74, 6) is -0.750. The third-order valence-electron chi connectivity index (χ3n) is 5.60. The van der Waals surface area contributed by atoms with Crippen molar-refractivity contribution in [3.8, 4) is 11.1 Å². The number of rotatable bonds is 7. The average molecular weight is 425 g/mol. The molecule has 1 fully saturated rings. The predicted molar refractivity (Wildman–Crippen MR) is 110 cm³/mol. The van der Waals surface area contributed by atoms with E-state index in [1.807, 2.05) is 0 Å². The van der Waals surface area contributed by atoms with Gasteiger partial charge in [0.15, 0.2) is 0 Å². The zero-order valence-corrected chi connectivity index (χ0v) is 16.6. The number of nitrogens with one attached hydrogen (secondary N) is 1. The number of hydrogen-bond acceptors (Lipinski definition) is 6. The molecule has 160 valence electrons. The molecule has 1 aromatic carbocycles. The number of anilines is 1. The lowest BCUT2D eigenvalue weighted by Crippen LogP contribution is -2.49. The molecule has 0 saturated heterocycles. The molecule has 4 N–H and O–H groups in total. The molecule has 1 saturated carbocycles. The maximum absolute atomic E-state index is 14.3. The summed E-state index contributed by atoms with van der Waals surface area (Å²) in [5.41, 5.74) is 6.92. The van der Waals surface area contributed by atoms with Gasteiger partial charge in [-0.1, -0.05) is 6.07 Å². The summed E-state index contributed by atoms with van der Waals surface area (Å²) in [6.07, 6.45) is 3.93. The second kappa shape index (κ2) is 8.35. The minimum atomic E-state index is -0.999. The van der Waals surface area contributed by atoms with Crippen LogP contribution in [0.2, 0.25) is 0 Å². The van der Waals surface area contributed by atoms with E-state index in [0.29, 0.717) is 28.2 Å². The minimum Gasteiger partial charge on any atom is -0.392 e. The van der Waals surface area contributed by atoms with Crippen LogP contribution in [0.3, 0.4) is 0 Å². The first-order chi connectivity index (χ1) is 14.9. The largest absolute Gasteiger partial charge is 0.392 e. The first kappa shape index (κ1) is 20.8. The van der Waals surface area contributed by atoms with Crippen LogP contribution in [0.1, 0.15) is 34.5 Å². The first-order valence-electron chi connectivity index (χ1n) is 9.77. The number of aromatic nitrogens is 3. The summed E-state index contributed by atoms with van der Waals surface area (Å²) >= 11 is 0. The number of nitrogens with zero attached hydrogens (tertiary/aromatic N) is 3. The molecule has 7 nitrogen and oxygen atoms in total. The molecule has 9 heteroatoms. The number of aliphatic hydroxyl groups is 1. The topological polar surface area (TPSA) is 114 Å². The van der Waals surface area contributed by atoms with Crippen LogP contribution in [0, 0.1) is 5.82 Å². The van der Waals surface area contributed by atoms with Crippen molar-refractivity contribution in [2.75, 3.05) is 11.9 Å². The number of carbonyl (C=O) groups excluding carboxylic acids is 1. The highest BCUT2D eigenvalue weighted by molar-refractivity contribution is 5.94. The van der Waals surface area contributed by atoms with Crippen LogP contribution in [0.5, 0.6) is 0 Å². The normalized spacial score (nSPS) is 20.2. The molecular formula is C22H21F2N5O2. The summed E-state index contributed by atoms with van der Waals surface area (Å²) in [6.45, 7) is 0.0106. The number of alkyl halides is 1. The zero-order chi connectivity index (χ0) is 22.0. The molecule has 1 amide bonds. The lowest BCUT2D eigenvalue weighted by molar-refractivity contribution is 0.0963. The van der Waals surface area contributed by atoms with Crippen molar-refractivity contribution in [3.05, 3.63) is 71.6 Å². The average Bonchev–Trinajstić information content (AvgIpc) is 2.76. The van der Waals surface area contributed by atoms with Gasteiger partial charge in [0.25, 0.3) is 0 Å². The second-order valence-electron chi connectivity index (χ2n) is 7.66. The van der Waals surface area contributed by atoms with E-state index in [4.69, 9.17) is 5.73 Å². The van der Waals surface area contributed by atoms with E-state index in [-0.39, 0.29) is 31.7 Å². The Hall–Kier alpha value is -3.46. The monoisotopic (exact) mass is 425 g/mol. The smallest absolute Gasteiger partial charge is 0.248 e. The first-order valence-corrected chi connectivity index (χ1v) is 9.77. The lowest BCUT2D eigenvalue weighted by Gasteiger charge is -2.43. The molecule has 2 aromatic heterocycles. The number of benzene rings is 1. The van der Waals surface area contributed by atoms with Crippen molar-refractivity contribution in [3.63, 3.8) is 0 Å². The summed E-state index contributed by atoms with van der Waals surface area (Å²) in [5, 5.41) is 12.6. The molecule has 0 atom stereocenters. The Morgan fingerprint density at radius 3 is 2.58 bits per heavy atom. The fourth-order valence-electron chi connectivity index (χ4n) is 3.93. The SMILES string of the molecule is NC(=O)c1ccc(CO)c(-c2cnc(NCC3(c4ncccc4F)CC(F)C3)nc2)c1. The number of primary amides is 1. The van der Waals surface area contributed by atoms with E-state index in [1.165, 1.54) is 18.3 Å². The highest BCUT2D eigenvalue weighted by Gasteiger charge is 2.48. The molecule has 2 heterocycles. The van der Waals surface area contributed by atoms with E-state index in [2.05, 4.69) is 20.3 Å². The molecule has 4 rings (SSSR count). The fraction of sp³-hybridized carbons (Fsp3) is 0.273. The van der Waals surface area contributed by atoms with Crippen molar-refractivity contribution in [2.45, 2.75) is 31.0 Å². The molecule has 3 aromatic rings. The van der Waals surface area contributed by atoms with Crippen LogP contribution < -0.4 is 11.1 Å². The summed E-state index contributed by atoms with van der Waals surface area (Å²) in [4.78, 5) is 24.2. The van der Waals surface area contributed by atoms with Crippen molar-refractivity contribution in [1.82, 2.24) is 15.0 Å². The van der Waals surface area contributed by atoms with Gasteiger partial charge in [-0.3, -0.25) is 9.78 Å². The van der Waals surface area contributed by atoms with E-state index in [0.717, 1.165) is 0 Å². The Balaban J connectivity index is 1.54. The van der Waals surface area contributed by atoms with Crippen molar-refractivity contribution in [1.29, 1.82) is 0 Å². The van der Waals surface area contributed by atoms with Gasteiger partial charge in [0.05, 0.1) is 12.3 Å². The van der Waals surface area contributed by atoms with E-state index in [9.17, 15) is 18.7 Å². The molecule has 1 aliphatic carbocycles. The van der Waals surface area contributed by atoms with Crippen molar-refractivity contribution >= 4 is 11.9 Å². The molecule has 0 bridgehead atoms. The number of pyridine rings is 1. The number of amides is 1. The van der Waals surface area contributed by atoms with Crippen LogP contribution in [-0.4, -0.2) is 38.7 Å². The van der Waals surface area contributed by atoms with Gasteiger partial charge in [-0.2, -0.15) is 0 Å². The standard InChI is InChI=1S/C22H21F2N5O2/c23-16-7-22(8-16,19-18(24)2-1-5-26-19)12-29-21-27-9-15(10-28-21)17-6-13(20(25)31)3-4-14(17)11-30/h1-6,9-10,16,30H,7-8,11-12H2,(H2,25,31)(H,27,28,29). The molecule has 31 heavy (non-hydrogen) atoms. The zero-order valence-electron chi connectivity index (χ0n) is 16.6. The van der Waals surface area contributed by atoms with Crippen LogP contribution >= 0.6 is 0 Å². The Morgan fingerprint density at radius 1 is 1.23 bits per heavy atom. The van der Waals surface area contributed by atoms with Crippen LogP contribution in [-0.2, 0) is 12.0 Å². The molecule has 0 radical (unpaired) electrons. The second-order valence-corrected chi connectivity index (χ2v) is 7.66. The molecule has 0 aliphatic heterocycles. The summed E-state index contributed by atoms with van der Waals surface area (Å²) in [7, 11) is 0. The number of carbonyl (C=O) groups is 1. The number of nitrogens with two attached hydrogens (primary N) is 1. The molecular weight excluding hydrogens is 404 g/mol. The number of halogens is 2. The van der Waals surface area contributed by atoms with Gasteiger partial charge in [-0.25, -0.2) is 18.7 Å². The molecule has 1 aliphatic rings. The lowest BCUT2D eigenvalue weighted by atomic mass is 9.65. The Bertz CT molecular complexity index is 1100. The van der Waals surface area contributed by atoms with E-state index in [1.54, 1.807) is 30.6 Å². The number of aliphatic hydroxyl groups excluding tert-OH is 1. The van der Waals surface area contributed by atoms with Gasteiger partial charge >= 0.3 is 0 Å². The van der Waals surface area contributed by atoms with Crippen molar-refractivity contribution in [2.24, 2.45) is 5.73 Å². The highest BCUT2D eigenvalue weighted by Crippen LogP contribution is 2.45. The van der Waals surface area contributed by atoms with Gasteiger partial charge in [-0.05, 0) is 48.2 Å². The quantitative estimate of drug-likeness (QED) is 0.536. The fourth-order valence-corrected chi connectivity index (χ4v) is 3.93. The third-order valence-corrected chi connectivity index (χ3v) is 5.60. The summed E-state index contributed by atoms with van der Waals surface area (Å²) < 4.78 is 28.0. The van der Waals surface area contributed by atoms with E-state index >= 15 is 0 Å². The van der Waals surface area contributed by atoms with Gasteiger partial charge in [0.2, 0.25) is 11.9 Å². The van der Waals surface area contributed by atoms with E-state index < -0.39 is 23.3 Å². The maximum Gasteiger partial charge on any atom is 0.248 e. The van der Waals surface area contributed by atoms with Crippen LogP contribution in [0.25, 0.3) is 11.1 Å². The van der Waals surface area contributed by atoms with Gasteiger partial charge in [-0.15, -0.1) is 0 Å². The van der Waals surface area contributed by atoms with Crippen molar-refractivity contribution < 1.29 is 18.7 Å². The van der Waals surface area contributed by atoms with Crippen LogP contribution in [0.15, 0.2) is 48.9 Å². The van der Waals surface area contributed by atoms with Gasteiger partial charge in [0, 0.05) is 41.7 Å². The predicted octanol–water partition coefficient (Wildman–Crippen LogP) is 2.75. The Kier molecular flexibility index (Phi) is 5.60. The number of hydrogen-bond donors (Lipinski definition) is 3. The minimum absolute atomic E-state index is 0.172. The van der Waals surface area contributed by atoms with Gasteiger partial charge < -0.3 is 16.2 Å². The molecule has 0 spiro atoms. The Morgan fingerprint density at radius 2 is 1.97 bits per heavy atom. The van der Waals surface area contributed by atoms with Crippen LogP contribution in [0.4, 0.5) is 14.7 Å². The van der Waals surface area contributed by atoms with Gasteiger partial charge in [0.1, 0.15) is 12.0 Å². The Labute approximate surface area is 177 Å².